The Balaban J connectivity index is 1.61. The van der Waals surface area contributed by atoms with E-state index in [0.717, 1.165) is 5.56 Å². The molecule has 3 rings (SSSR count). The van der Waals surface area contributed by atoms with E-state index in [2.05, 4.69) is 9.97 Å². The molecule has 0 radical (unpaired) electrons. The smallest absolute Gasteiger partial charge is 0.316 e. The van der Waals surface area contributed by atoms with Gasteiger partial charge in [-0.15, -0.1) is 0 Å². The summed E-state index contributed by atoms with van der Waals surface area (Å²) in [4.78, 5) is 21.9. The number of ether oxygens (including phenoxy) is 2. The Morgan fingerprint density at radius 3 is 2.72 bits per heavy atom. The van der Waals surface area contributed by atoms with Gasteiger partial charge in [0.25, 0.3) is 5.91 Å². The van der Waals surface area contributed by atoms with Gasteiger partial charge < -0.3 is 19.5 Å². The normalized spacial score (nSPS) is 20.3. The van der Waals surface area contributed by atoms with Crippen LogP contribution >= 0.6 is 0 Å². The highest BCUT2D eigenvalue weighted by molar-refractivity contribution is 5.77. The van der Waals surface area contributed by atoms with Crippen molar-refractivity contribution in [1.82, 2.24) is 14.9 Å². The van der Waals surface area contributed by atoms with Crippen molar-refractivity contribution < 1.29 is 19.4 Å². The molecule has 0 bridgehead atoms. The van der Waals surface area contributed by atoms with E-state index in [1.54, 1.807) is 23.4 Å². The zero-order chi connectivity index (χ0) is 17.5. The lowest BCUT2D eigenvalue weighted by molar-refractivity contribution is -0.159. The number of benzene rings is 1. The molecule has 0 spiro atoms. The minimum absolute atomic E-state index is 0.142. The number of amides is 1. The van der Waals surface area contributed by atoms with Crippen LogP contribution in [0.3, 0.4) is 0 Å². The number of aromatic nitrogens is 2. The molecule has 1 aromatic carbocycles. The molecular weight excluding hydrogens is 322 g/mol. The second-order valence-corrected chi connectivity index (χ2v) is 5.99. The van der Waals surface area contributed by atoms with E-state index in [-0.39, 0.29) is 25.1 Å². The lowest BCUT2D eigenvalue weighted by Gasteiger charge is -2.41. The Bertz CT molecular complexity index is 683. The van der Waals surface area contributed by atoms with Crippen molar-refractivity contribution in [2.75, 3.05) is 32.9 Å². The summed E-state index contributed by atoms with van der Waals surface area (Å²) < 4.78 is 11.2. The monoisotopic (exact) mass is 343 g/mol. The van der Waals surface area contributed by atoms with Gasteiger partial charge in [0, 0.05) is 25.4 Å². The Morgan fingerprint density at radius 1 is 1.24 bits per heavy atom. The number of rotatable bonds is 6. The highest BCUT2D eigenvalue weighted by Crippen LogP contribution is 2.23. The van der Waals surface area contributed by atoms with Crippen LogP contribution in [-0.2, 0) is 16.0 Å². The van der Waals surface area contributed by atoms with Crippen LogP contribution in [0.25, 0.3) is 0 Å². The van der Waals surface area contributed by atoms with Crippen LogP contribution < -0.4 is 4.74 Å². The van der Waals surface area contributed by atoms with Crippen LogP contribution in [0.1, 0.15) is 5.56 Å². The number of nitrogens with zero attached hydrogens (tertiary/aromatic N) is 3. The van der Waals surface area contributed by atoms with Gasteiger partial charge in [0.2, 0.25) is 0 Å². The van der Waals surface area contributed by atoms with Gasteiger partial charge in [-0.25, -0.2) is 9.97 Å². The molecule has 0 saturated carbocycles. The molecular formula is C18H21N3O4. The fourth-order valence-electron chi connectivity index (χ4n) is 2.86. The number of carbonyl (C=O) groups excluding carboxylic acids is 1. The van der Waals surface area contributed by atoms with Crippen molar-refractivity contribution in [2.45, 2.75) is 12.0 Å². The highest BCUT2D eigenvalue weighted by atomic mass is 16.5. The van der Waals surface area contributed by atoms with Gasteiger partial charge in [-0.3, -0.25) is 4.79 Å². The van der Waals surface area contributed by atoms with E-state index in [1.807, 2.05) is 30.3 Å². The fourth-order valence-corrected chi connectivity index (χ4v) is 2.86. The summed E-state index contributed by atoms with van der Waals surface area (Å²) in [5, 5.41) is 9.90. The molecule has 1 N–H and O–H groups in total. The number of carbonyl (C=O) groups is 1. The van der Waals surface area contributed by atoms with Crippen molar-refractivity contribution in [2.24, 2.45) is 0 Å². The molecule has 1 aliphatic rings. The average molecular weight is 343 g/mol. The van der Waals surface area contributed by atoms with Crippen molar-refractivity contribution in [3.8, 4) is 6.01 Å². The van der Waals surface area contributed by atoms with Gasteiger partial charge >= 0.3 is 6.01 Å². The van der Waals surface area contributed by atoms with Crippen molar-refractivity contribution in [3.05, 3.63) is 54.4 Å². The minimum atomic E-state index is -0.793. The second kappa shape index (κ2) is 8.04. The number of aliphatic hydroxyl groups is 1. The summed E-state index contributed by atoms with van der Waals surface area (Å²) in [5.41, 5.74) is 0.262. The molecule has 1 amide bonds. The number of hydrogen-bond donors (Lipinski definition) is 1. The molecule has 1 fully saturated rings. The maximum atomic E-state index is 12.4. The van der Waals surface area contributed by atoms with Crippen LogP contribution in [0.15, 0.2) is 48.8 Å². The third kappa shape index (κ3) is 4.52. The Labute approximate surface area is 146 Å². The quantitative estimate of drug-likeness (QED) is 0.831. The molecule has 1 atom stereocenters. The van der Waals surface area contributed by atoms with Crippen LogP contribution in [0.5, 0.6) is 6.01 Å². The molecule has 1 aromatic heterocycles. The number of aliphatic hydroxyl groups excluding tert-OH is 1. The van der Waals surface area contributed by atoms with E-state index in [1.165, 1.54) is 0 Å². The SMILES string of the molecule is O=C(COc1ncccn1)N1CCO[C@@](CO)(Cc2ccccc2)C1. The van der Waals surface area contributed by atoms with Crippen molar-refractivity contribution in [1.29, 1.82) is 0 Å². The molecule has 7 nitrogen and oxygen atoms in total. The van der Waals surface area contributed by atoms with Crippen LogP contribution in [0.2, 0.25) is 0 Å². The number of morpholine rings is 1. The van der Waals surface area contributed by atoms with Gasteiger partial charge in [0.15, 0.2) is 6.61 Å². The van der Waals surface area contributed by atoms with Gasteiger partial charge in [-0.1, -0.05) is 30.3 Å². The third-order valence-corrected chi connectivity index (χ3v) is 4.13. The summed E-state index contributed by atoms with van der Waals surface area (Å²) in [5.74, 6) is -0.179. The van der Waals surface area contributed by atoms with E-state index < -0.39 is 5.60 Å². The van der Waals surface area contributed by atoms with Gasteiger partial charge in [-0.05, 0) is 11.6 Å². The first-order valence-electron chi connectivity index (χ1n) is 8.17. The van der Waals surface area contributed by atoms with E-state index in [9.17, 15) is 9.90 Å². The summed E-state index contributed by atoms with van der Waals surface area (Å²) in [6.45, 7) is 0.858. The molecule has 0 unspecified atom stereocenters. The molecule has 1 saturated heterocycles. The average Bonchev–Trinajstić information content (AvgIpc) is 2.68. The lowest BCUT2D eigenvalue weighted by atomic mass is 9.93. The van der Waals surface area contributed by atoms with E-state index in [0.29, 0.717) is 26.1 Å². The minimum Gasteiger partial charge on any atom is -0.453 e. The fraction of sp³-hybridized carbons (Fsp3) is 0.389. The summed E-state index contributed by atoms with van der Waals surface area (Å²) >= 11 is 0. The summed E-state index contributed by atoms with van der Waals surface area (Å²) in [6, 6.07) is 11.6. The summed E-state index contributed by atoms with van der Waals surface area (Å²) in [6.07, 6.45) is 3.65. The van der Waals surface area contributed by atoms with Gasteiger partial charge in [0.05, 0.1) is 19.8 Å². The second-order valence-electron chi connectivity index (χ2n) is 5.99. The maximum absolute atomic E-state index is 12.4. The van der Waals surface area contributed by atoms with Crippen molar-refractivity contribution >= 4 is 5.91 Å². The number of hydrogen-bond acceptors (Lipinski definition) is 6. The molecule has 132 valence electrons. The highest BCUT2D eigenvalue weighted by Gasteiger charge is 2.38. The molecule has 2 aromatic rings. The predicted octanol–water partition coefficient (Wildman–Crippen LogP) is 0.688. The molecule has 7 heteroatoms. The first kappa shape index (κ1) is 17.3. The zero-order valence-electron chi connectivity index (χ0n) is 13.9. The Hall–Kier alpha value is -2.51. The zero-order valence-corrected chi connectivity index (χ0v) is 13.9. The van der Waals surface area contributed by atoms with Crippen LogP contribution in [0, 0.1) is 0 Å². The lowest BCUT2D eigenvalue weighted by Crippen LogP contribution is -2.57. The molecule has 1 aliphatic heterocycles. The maximum Gasteiger partial charge on any atom is 0.316 e. The van der Waals surface area contributed by atoms with Crippen LogP contribution in [-0.4, -0.2) is 64.4 Å². The Kier molecular flexibility index (Phi) is 5.57. The Morgan fingerprint density at radius 2 is 2.00 bits per heavy atom. The van der Waals surface area contributed by atoms with E-state index in [4.69, 9.17) is 9.47 Å². The topological polar surface area (TPSA) is 84.8 Å². The standard InChI is InChI=1S/C18H21N3O4/c22-14-18(11-15-5-2-1-3-6-15)13-21(9-10-25-18)16(23)12-24-17-19-7-4-8-20-17/h1-8,22H,9-14H2/t18-/m0/s1. The molecule has 25 heavy (non-hydrogen) atoms. The van der Waals surface area contributed by atoms with Crippen LogP contribution in [0.4, 0.5) is 0 Å². The largest absolute Gasteiger partial charge is 0.453 e. The predicted molar refractivity (Wildman–Crippen MR) is 90.0 cm³/mol. The molecule has 2 heterocycles. The van der Waals surface area contributed by atoms with Gasteiger partial charge in [-0.2, -0.15) is 0 Å². The van der Waals surface area contributed by atoms with E-state index >= 15 is 0 Å². The molecule has 0 aliphatic carbocycles. The first-order valence-corrected chi connectivity index (χ1v) is 8.17. The first-order chi connectivity index (χ1) is 12.2. The van der Waals surface area contributed by atoms with Gasteiger partial charge in [0.1, 0.15) is 5.60 Å². The third-order valence-electron chi connectivity index (χ3n) is 4.13. The summed E-state index contributed by atoms with van der Waals surface area (Å²) in [7, 11) is 0. The van der Waals surface area contributed by atoms with Crippen molar-refractivity contribution in [3.63, 3.8) is 0 Å².